The molecule has 0 aliphatic heterocycles. The summed E-state index contributed by atoms with van der Waals surface area (Å²) in [5, 5.41) is 0.743. The second kappa shape index (κ2) is 6.83. The number of hydrogen-bond donors (Lipinski definition) is 1. The first kappa shape index (κ1) is 15.7. The maximum atomic E-state index is 6.34. The van der Waals surface area contributed by atoms with E-state index in [0.717, 1.165) is 21.7 Å². The lowest BCUT2D eigenvalue weighted by molar-refractivity contribution is 0.349. The molecule has 1 unspecified atom stereocenters. The van der Waals surface area contributed by atoms with Gasteiger partial charge in [-0.15, -0.1) is 0 Å². The van der Waals surface area contributed by atoms with E-state index in [1.165, 1.54) is 0 Å². The van der Waals surface area contributed by atoms with Crippen molar-refractivity contribution >= 4 is 11.6 Å². The first-order valence-corrected chi connectivity index (χ1v) is 7.16. The van der Waals surface area contributed by atoms with Crippen molar-refractivity contribution in [3.8, 4) is 11.5 Å². The number of nitrogens with two attached hydrogens (primary N) is 1. The summed E-state index contributed by atoms with van der Waals surface area (Å²) in [5.41, 5.74) is 9.41. The van der Waals surface area contributed by atoms with E-state index >= 15 is 0 Å². The second-order valence-electron chi connectivity index (χ2n) is 4.99. The van der Waals surface area contributed by atoms with E-state index in [1.807, 2.05) is 43.3 Å². The Morgan fingerprint density at radius 3 is 2.52 bits per heavy atom. The smallest absolute Gasteiger partial charge is 0.165 e. The van der Waals surface area contributed by atoms with E-state index in [0.29, 0.717) is 17.9 Å². The number of benzene rings is 2. The molecule has 1 atom stereocenters. The third-order valence-electron chi connectivity index (χ3n) is 3.48. The van der Waals surface area contributed by atoms with Crippen LogP contribution >= 0.6 is 11.6 Å². The van der Waals surface area contributed by atoms with Crippen molar-refractivity contribution in [1.82, 2.24) is 0 Å². The van der Waals surface area contributed by atoms with Gasteiger partial charge in [0.1, 0.15) is 0 Å². The van der Waals surface area contributed by atoms with Crippen molar-refractivity contribution < 1.29 is 9.47 Å². The van der Waals surface area contributed by atoms with Crippen LogP contribution in [0.3, 0.4) is 0 Å². The minimum Gasteiger partial charge on any atom is -0.493 e. The van der Waals surface area contributed by atoms with Crippen LogP contribution in [0.5, 0.6) is 11.5 Å². The molecule has 0 bridgehead atoms. The number of para-hydroxylation sites is 1. The molecular weight excluding hydrogens is 286 g/mol. The number of ether oxygens (including phenoxy) is 2. The summed E-state index contributed by atoms with van der Waals surface area (Å²) >= 11 is 6.28. The Morgan fingerprint density at radius 2 is 1.90 bits per heavy atom. The molecule has 0 aliphatic rings. The minimum absolute atomic E-state index is 0.213. The molecule has 2 aromatic carbocycles. The Balaban J connectivity index is 2.30. The Bertz CT molecular complexity index is 628. The van der Waals surface area contributed by atoms with Gasteiger partial charge in [0.15, 0.2) is 11.5 Å². The van der Waals surface area contributed by atoms with Crippen molar-refractivity contribution in [1.29, 1.82) is 0 Å². The standard InChI is InChI=1S/C17H20ClNO2/c1-11-7-8-12(14(18)9-11)10-15(19)13-5-4-6-16(20-2)17(13)21-3/h4-9,15H,10,19H2,1-3H3. The molecule has 0 fully saturated rings. The van der Waals surface area contributed by atoms with Crippen LogP contribution in [0.15, 0.2) is 36.4 Å². The summed E-state index contributed by atoms with van der Waals surface area (Å²) in [6.07, 6.45) is 0.642. The highest BCUT2D eigenvalue weighted by atomic mass is 35.5. The molecular formula is C17H20ClNO2. The third kappa shape index (κ3) is 3.49. The van der Waals surface area contributed by atoms with Gasteiger partial charge in [0.2, 0.25) is 0 Å². The largest absolute Gasteiger partial charge is 0.493 e. The zero-order valence-electron chi connectivity index (χ0n) is 12.5. The Hall–Kier alpha value is -1.71. The van der Waals surface area contributed by atoms with Crippen LogP contribution < -0.4 is 15.2 Å². The molecule has 2 N–H and O–H groups in total. The zero-order valence-corrected chi connectivity index (χ0v) is 13.3. The Kier molecular flexibility index (Phi) is 5.10. The molecule has 2 rings (SSSR count). The van der Waals surface area contributed by atoms with Crippen LogP contribution in [-0.4, -0.2) is 14.2 Å². The molecule has 21 heavy (non-hydrogen) atoms. The Labute approximate surface area is 130 Å². The van der Waals surface area contributed by atoms with Gasteiger partial charge in [0.05, 0.1) is 14.2 Å². The number of methoxy groups -OCH3 is 2. The van der Waals surface area contributed by atoms with Crippen LogP contribution in [0.25, 0.3) is 0 Å². The van der Waals surface area contributed by atoms with Crippen molar-refractivity contribution in [3.63, 3.8) is 0 Å². The number of hydrogen-bond acceptors (Lipinski definition) is 3. The van der Waals surface area contributed by atoms with Gasteiger partial charge in [-0.3, -0.25) is 0 Å². The molecule has 0 aliphatic carbocycles. The predicted octanol–water partition coefficient (Wildman–Crippen LogP) is 3.91. The van der Waals surface area contributed by atoms with Gasteiger partial charge in [-0.25, -0.2) is 0 Å². The van der Waals surface area contributed by atoms with Crippen molar-refractivity contribution in [2.24, 2.45) is 5.73 Å². The van der Waals surface area contributed by atoms with Gasteiger partial charge >= 0.3 is 0 Å². The maximum Gasteiger partial charge on any atom is 0.165 e. The summed E-state index contributed by atoms with van der Waals surface area (Å²) in [7, 11) is 3.23. The number of rotatable bonds is 5. The van der Waals surface area contributed by atoms with Gasteiger partial charge < -0.3 is 15.2 Å². The summed E-state index contributed by atoms with van der Waals surface area (Å²) in [5.74, 6) is 1.36. The molecule has 3 nitrogen and oxygen atoms in total. The first-order valence-electron chi connectivity index (χ1n) is 6.78. The monoisotopic (exact) mass is 305 g/mol. The van der Waals surface area contributed by atoms with Gasteiger partial charge in [-0.2, -0.15) is 0 Å². The molecule has 0 spiro atoms. The summed E-state index contributed by atoms with van der Waals surface area (Å²) in [6.45, 7) is 2.01. The molecule has 0 saturated heterocycles. The molecule has 2 aromatic rings. The fraction of sp³-hybridized carbons (Fsp3) is 0.294. The van der Waals surface area contributed by atoms with Gasteiger partial charge in [0.25, 0.3) is 0 Å². The van der Waals surface area contributed by atoms with E-state index < -0.39 is 0 Å². The van der Waals surface area contributed by atoms with E-state index in [4.69, 9.17) is 26.8 Å². The molecule has 0 aromatic heterocycles. The second-order valence-corrected chi connectivity index (χ2v) is 5.40. The van der Waals surface area contributed by atoms with Gasteiger partial charge in [0, 0.05) is 16.6 Å². The maximum absolute atomic E-state index is 6.34. The molecule has 0 amide bonds. The average Bonchev–Trinajstić information content (AvgIpc) is 2.49. The molecule has 0 saturated carbocycles. The fourth-order valence-corrected chi connectivity index (χ4v) is 2.68. The highest BCUT2D eigenvalue weighted by Crippen LogP contribution is 2.35. The molecule has 112 valence electrons. The number of halogens is 1. The topological polar surface area (TPSA) is 44.5 Å². The lowest BCUT2D eigenvalue weighted by atomic mass is 9.98. The summed E-state index contributed by atoms with van der Waals surface area (Å²) in [6, 6.07) is 11.5. The van der Waals surface area contributed by atoms with Crippen molar-refractivity contribution in [2.75, 3.05) is 14.2 Å². The normalized spacial score (nSPS) is 12.0. The lowest BCUT2D eigenvalue weighted by Crippen LogP contribution is -2.15. The van der Waals surface area contributed by atoms with Gasteiger partial charge in [-0.1, -0.05) is 35.9 Å². The molecule has 0 heterocycles. The van der Waals surface area contributed by atoms with E-state index in [-0.39, 0.29) is 6.04 Å². The molecule has 4 heteroatoms. The van der Waals surface area contributed by atoms with E-state index in [9.17, 15) is 0 Å². The average molecular weight is 306 g/mol. The first-order chi connectivity index (χ1) is 10.1. The van der Waals surface area contributed by atoms with Crippen LogP contribution in [0.2, 0.25) is 5.02 Å². The van der Waals surface area contributed by atoms with Crippen LogP contribution in [0.4, 0.5) is 0 Å². The van der Waals surface area contributed by atoms with E-state index in [2.05, 4.69) is 0 Å². The summed E-state index contributed by atoms with van der Waals surface area (Å²) in [4.78, 5) is 0. The minimum atomic E-state index is -0.213. The van der Waals surface area contributed by atoms with Gasteiger partial charge in [-0.05, 0) is 36.6 Å². The number of aryl methyl sites for hydroxylation is 1. The zero-order chi connectivity index (χ0) is 15.4. The lowest BCUT2D eigenvalue weighted by Gasteiger charge is -2.18. The SMILES string of the molecule is COc1cccc(C(N)Cc2ccc(C)cc2Cl)c1OC. The van der Waals surface area contributed by atoms with E-state index in [1.54, 1.807) is 14.2 Å². The van der Waals surface area contributed by atoms with Crippen LogP contribution in [0, 0.1) is 6.92 Å². The summed E-state index contributed by atoms with van der Waals surface area (Å²) < 4.78 is 10.7. The third-order valence-corrected chi connectivity index (χ3v) is 3.83. The predicted molar refractivity (Wildman–Crippen MR) is 86.4 cm³/mol. The highest BCUT2D eigenvalue weighted by molar-refractivity contribution is 6.31. The van der Waals surface area contributed by atoms with Crippen molar-refractivity contribution in [2.45, 2.75) is 19.4 Å². The highest BCUT2D eigenvalue weighted by Gasteiger charge is 2.17. The van der Waals surface area contributed by atoms with Crippen molar-refractivity contribution in [3.05, 3.63) is 58.1 Å². The quantitative estimate of drug-likeness (QED) is 0.911. The fourth-order valence-electron chi connectivity index (χ4n) is 2.37. The molecule has 0 radical (unpaired) electrons. The van der Waals surface area contributed by atoms with Crippen LogP contribution in [0.1, 0.15) is 22.7 Å². The Morgan fingerprint density at radius 1 is 1.14 bits per heavy atom. The van der Waals surface area contributed by atoms with Crippen LogP contribution in [-0.2, 0) is 6.42 Å².